The fourth-order valence-corrected chi connectivity index (χ4v) is 2.01. The molecule has 2 N–H and O–H groups in total. The lowest BCUT2D eigenvalue weighted by atomic mass is 10.00. The highest BCUT2D eigenvalue weighted by Gasteiger charge is 2.23. The summed E-state index contributed by atoms with van der Waals surface area (Å²) < 4.78 is 1.78. The molecule has 2 heterocycles. The molecule has 0 aliphatic carbocycles. The lowest BCUT2D eigenvalue weighted by Gasteiger charge is -2.30. The molecule has 2 rings (SSSR count). The van der Waals surface area contributed by atoms with Crippen LogP contribution in [0.3, 0.4) is 0 Å². The van der Waals surface area contributed by atoms with Gasteiger partial charge in [-0.3, -0.25) is 4.79 Å². The molecule has 0 aromatic carbocycles. The van der Waals surface area contributed by atoms with E-state index in [1.165, 1.54) is 0 Å². The third-order valence-electron chi connectivity index (χ3n) is 3.02. The first kappa shape index (κ1) is 14.0. The molecule has 17 heavy (non-hydrogen) atoms. The van der Waals surface area contributed by atoms with Crippen LogP contribution in [-0.4, -0.2) is 34.1 Å². The number of halogens is 1. The van der Waals surface area contributed by atoms with Gasteiger partial charge in [0.15, 0.2) is 0 Å². The summed E-state index contributed by atoms with van der Waals surface area (Å²) >= 11 is 0. The molecule has 1 aromatic heterocycles. The maximum absolute atomic E-state index is 11.9. The van der Waals surface area contributed by atoms with Crippen molar-refractivity contribution < 1.29 is 4.79 Å². The highest BCUT2D eigenvalue weighted by Crippen LogP contribution is 2.08. The molecular formula is C11H19ClN4O. The van der Waals surface area contributed by atoms with Crippen molar-refractivity contribution in [2.45, 2.75) is 31.8 Å². The fourth-order valence-electron chi connectivity index (χ4n) is 2.01. The van der Waals surface area contributed by atoms with Crippen LogP contribution in [0.4, 0.5) is 0 Å². The van der Waals surface area contributed by atoms with Gasteiger partial charge in [-0.15, -0.1) is 12.4 Å². The lowest BCUT2D eigenvalue weighted by molar-refractivity contribution is 0.0915. The zero-order valence-corrected chi connectivity index (χ0v) is 11.0. The Morgan fingerprint density at radius 1 is 1.65 bits per heavy atom. The van der Waals surface area contributed by atoms with Crippen LogP contribution in [0.1, 0.15) is 30.3 Å². The van der Waals surface area contributed by atoms with Crippen molar-refractivity contribution >= 4 is 18.3 Å². The second-order valence-corrected chi connectivity index (χ2v) is 4.39. The van der Waals surface area contributed by atoms with Crippen molar-refractivity contribution in [3.05, 3.63) is 18.2 Å². The highest BCUT2D eigenvalue weighted by atomic mass is 35.5. The molecule has 1 aliphatic heterocycles. The standard InChI is InChI=1S/C11H18N4O.ClH/c1-8-9(4-3-5-12-8)14-11(16)10-6-15(2)7-13-10;/h6-9,12H,3-5H2,1-2H3,(H,14,16);1H. The molecule has 2 unspecified atom stereocenters. The quantitative estimate of drug-likeness (QED) is 0.822. The average Bonchev–Trinajstić information content (AvgIpc) is 2.68. The third kappa shape index (κ3) is 3.44. The normalized spacial score (nSPS) is 23.9. The van der Waals surface area contributed by atoms with Gasteiger partial charge >= 0.3 is 0 Å². The number of hydrogen-bond acceptors (Lipinski definition) is 3. The number of piperidine rings is 1. The van der Waals surface area contributed by atoms with Gasteiger partial charge in [0.05, 0.1) is 6.33 Å². The molecule has 5 nitrogen and oxygen atoms in total. The van der Waals surface area contributed by atoms with Crippen LogP contribution >= 0.6 is 12.4 Å². The van der Waals surface area contributed by atoms with E-state index < -0.39 is 0 Å². The molecule has 1 aromatic rings. The van der Waals surface area contributed by atoms with Crippen molar-refractivity contribution in [3.8, 4) is 0 Å². The van der Waals surface area contributed by atoms with Crippen molar-refractivity contribution in [2.24, 2.45) is 7.05 Å². The topological polar surface area (TPSA) is 58.9 Å². The van der Waals surface area contributed by atoms with Gasteiger partial charge in [0.25, 0.3) is 5.91 Å². The van der Waals surface area contributed by atoms with E-state index in [1.54, 1.807) is 17.1 Å². The maximum atomic E-state index is 11.9. The summed E-state index contributed by atoms with van der Waals surface area (Å²) in [5, 5.41) is 6.37. The van der Waals surface area contributed by atoms with Gasteiger partial charge in [-0.1, -0.05) is 0 Å². The second-order valence-electron chi connectivity index (χ2n) is 4.39. The Morgan fingerprint density at radius 2 is 2.41 bits per heavy atom. The molecule has 1 aliphatic rings. The molecule has 0 bridgehead atoms. The van der Waals surface area contributed by atoms with Gasteiger partial charge in [0.1, 0.15) is 5.69 Å². The van der Waals surface area contributed by atoms with Crippen LogP contribution in [0.5, 0.6) is 0 Å². The first-order chi connectivity index (χ1) is 7.66. The average molecular weight is 259 g/mol. The number of rotatable bonds is 2. The van der Waals surface area contributed by atoms with Gasteiger partial charge < -0.3 is 15.2 Å². The Hall–Kier alpha value is -1.07. The van der Waals surface area contributed by atoms with Crippen LogP contribution < -0.4 is 10.6 Å². The molecule has 0 spiro atoms. The molecule has 6 heteroatoms. The number of carbonyl (C=O) groups excluding carboxylic acids is 1. The monoisotopic (exact) mass is 258 g/mol. The van der Waals surface area contributed by atoms with Crippen LogP contribution in [0.2, 0.25) is 0 Å². The molecule has 1 saturated heterocycles. The zero-order chi connectivity index (χ0) is 11.5. The van der Waals surface area contributed by atoms with Crippen LogP contribution in [0.25, 0.3) is 0 Å². The molecule has 2 atom stereocenters. The Morgan fingerprint density at radius 3 is 3.00 bits per heavy atom. The Kier molecular flexibility index (Phi) is 4.96. The number of aromatic nitrogens is 2. The van der Waals surface area contributed by atoms with E-state index >= 15 is 0 Å². The van der Waals surface area contributed by atoms with Crippen molar-refractivity contribution in [1.82, 2.24) is 20.2 Å². The SMILES string of the molecule is CC1NCCCC1NC(=O)c1cn(C)cn1.Cl. The largest absolute Gasteiger partial charge is 0.346 e. The molecular weight excluding hydrogens is 240 g/mol. The van der Waals surface area contributed by atoms with E-state index in [0.29, 0.717) is 11.7 Å². The predicted octanol–water partition coefficient (Wildman–Crippen LogP) is 0.712. The predicted molar refractivity (Wildman–Crippen MR) is 68.4 cm³/mol. The van der Waals surface area contributed by atoms with E-state index in [0.717, 1.165) is 19.4 Å². The number of hydrogen-bond donors (Lipinski definition) is 2. The zero-order valence-electron chi connectivity index (χ0n) is 10.1. The lowest BCUT2D eigenvalue weighted by Crippen LogP contribution is -2.51. The van der Waals surface area contributed by atoms with E-state index in [-0.39, 0.29) is 24.4 Å². The molecule has 0 radical (unpaired) electrons. The van der Waals surface area contributed by atoms with Crippen LogP contribution in [0.15, 0.2) is 12.5 Å². The summed E-state index contributed by atoms with van der Waals surface area (Å²) in [7, 11) is 1.86. The van der Waals surface area contributed by atoms with E-state index in [2.05, 4.69) is 22.5 Å². The molecule has 96 valence electrons. The Balaban J connectivity index is 0.00000144. The van der Waals surface area contributed by atoms with Crippen LogP contribution in [-0.2, 0) is 7.05 Å². The van der Waals surface area contributed by atoms with Gasteiger partial charge in [-0.05, 0) is 26.3 Å². The summed E-state index contributed by atoms with van der Waals surface area (Å²) in [5.74, 6) is -0.0823. The number of nitrogens with zero attached hydrogens (tertiary/aromatic N) is 2. The number of carbonyl (C=O) groups is 1. The fraction of sp³-hybridized carbons (Fsp3) is 0.636. The van der Waals surface area contributed by atoms with Gasteiger partial charge in [0, 0.05) is 25.3 Å². The third-order valence-corrected chi connectivity index (χ3v) is 3.02. The molecule has 1 fully saturated rings. The Labute approximate surface area is 107 Å². The number of amides is 1. The van der Waals surface area contributed by atoms with Gasteiger partial charge in [0.2, 0.25) is 0 Å². The van der Waals surface area contributed by atoms with Crippen molar-refractivity contribution in [3.63, 3.8) is 0 Å². The number of imidazole rings is 1. The van der Waals surface area contributed by atoms with Crippen LogP contribution in [0, 0.1) is 0 Å². The second kappa shape index (κ2) is 6.02. The minimum atomic E-state index is -0.0823. The summed E-state index contributed by atoms with van der Waals surface area (Å²) in [6, 6.07) is 0.546. The van der Waals surface area contributed by atoms with E-state index in [1.807, 2.05) is 7.05 Å². The van der Waals surface area contributed by atoms with Gasteiger partial charge in [-0.25, -0.2) is 4.98 Å². The smallest absolute Gasteiger partial charge is 0.271 e. The maximum Gasteiger partial charge on any atom is 0.271 e. The summed E-state index contributed by atoms with van der Waals surface area (Å²) in [5.41, 5.74) is 0.486. The summed E-state index contributed by atoms with van der Waals surface area (Å²) in [6.45, 7) is 3.14. The molecule has 0 saturated carbocycles. The van der Waals surface area contributed by atoms with E-state index in [9.17, 15) is 4.79 Å². The highest BCUT2D eigenvalue weighted by molar-refractivity contribution is 5.92. The summed E-state index contributed by atoms with van der Waals surface area (Å²) in [4.78, 5) is 15.9. The van der Waals surface area contributed by atoms with Crippen molar-refractivity contribution in [2.75, 3.05) is 6.54 Å². The van der Waals surface area contributed by atoms with E-state index in [4.69, 9.17) is 0 Å². The first-order valence-corrected chi connectivity index (χ1v) is 5.69. The minimum Gasteiger partial charge on any atom is -0.346 e. The Bertz CT molecular complexity index is 379. The van der Waals surface area contributed by atoms with Crippen molar-refractivity contribution in [1.29, 1.82) is 0 Å². The summed E-state index contributed by atoms with van der Waals surface area (Å²) in [6.07, 6.45) is 5.51. The van der Waals surface area contributed by atoms with Gasteiger partial charge in [-0.2, -0.15) is 0 Å². The minimum absolute atomic E-state index is 0. The number of aryl methyl sites for hydroxylation is 1. The number of nitrogens with one attached hydrogen (secondary N) is 2. The molecule has 1 amide bonds. The first-order valence-electron chi connectivity index (χ1n) is 5.69.